The van der Waals surface area contributed by atoms with Gasteiger partial charge < -0.3 is 4.74 Å². The van der Waals surface area contributed by atoms with Crippen LogP contribution in [0, 0.1) is 0 Å². The van der Waals surface area contributed by atoms with Crippen LogP contribution >= 0.6 is 0 Å². The van der Waals surface area contributed by atoms with Gasteiger partial charge in [0.15, 0.2) is 0 Å². The van der Waals surface area contributed by atoms with E-state index in [1.165, 1.54) is 18.5 Å². The number of nitrogens with zero attached hydrogens (tertiary/aromatic N) is 2. The molecule has 0 aliphatic rings. The van der Waals surface area contributed by atoms with Crippen molar-refractivity contribution in [2.75, 3.05) is 0 Å². The summed E-state index contributed by atoms with van der Waals surface area (Å²) in [5, 5.41) is 0. The lowest BCUT2D eigenvalue weighted by Crippen LogP contribution is -2.20. The van der Waals surface area contributed by atoms with Gasteiger partial charge in [-0.05, 0) is 6.07 Å². The number of aromatic nitrogens is 2. The molecule has 0 spiro atoms. The fraction of sp³-hybridized carbons (Fsp3) is 0.333. The van der Waals surface area contributed by atoms with E-state index in [0.29, 0.717) is 0 Å². The molecule has 0 bridgehead atoms. The van der Waals surface area contributed by atoms with E-state index in [0.717, 1.165) is 0 Å². The fourth-order valence-corrected chi connectivity index (χ4v) is 0.498. The van der Waals surface area contributed by atoms with Gasteiger partial charge in [0.1, 0.15) is 0 Å². The van der Waals surface area contributed by atoms with Gasteiger partial charge in [-0.15, -0.1) is 0 Å². The summed E-state index contributed by atoms with van der Waals surface area (Å²) in [7, 11) is 0. The third kappa shape index (κ3) is 2.37. The van der Waals surface area contributed by atoms with Crippen molar-refractivity contribution in [3.8, 4) is 6.01 Å². The number of halogens is 3. The summed E-state index contributed by atoms with van der Waals surface area (Å²) < 4.78 is 39.3. The van der Waals surface area contributed by atoms with Gasteiger partial charge >= 0.3 is 18.8 Å². The van der Waals surface area contributed by atoms with E-state index in [2.05, 4.69) is 14.7 Å². The molecular formula is C6H5F3N2O. The molecule has 1 heterocycles. The van der Waals surface area contributed by atoms with Crippen LogP contribution in [0.25, 0.3) is 0 Å². The second-order valence-electron chi connectivity index (χ2n) is 1.83. The maximum absolute atomic E-state index is 12.2. The Morgan fingerprint density at radius 3 is 2.25 bits per heavy atom. The molecule has 0 N–H and O–H groups in total. The van der Waals surface area contributed by atoms with Crippen molar-refractivity contribution in [2.24, 2.45) is 0 Å². The van der Waals surface area contributed by atoms with Crippen molar-refractivity contribution in [1.29, 1.82) is 0 Å². The van der Waals surface area contributed by atoms with Gasteiger partial charge in [-0.25, -0.2) is 18.7 Å². The Balaban J connectivity index is 2.53. The van der Waals surface area contributed by atoms with Crippen molar-refractivity contribution < 1.29 is 17.9 Å². The van der Waals surface area contributed by atoms with E-state index in [-0.39, 0.29) is 0 Å². The zero-order chi connectivity index (χ0) is 8.97. The monoisotopic (exact) mass is 178 g/mol. The molecule has 12 heavy (non-hydrogen) atoms. The first-order valence-electron chi connectivity index (χ1n) is 3.06. The molecule has 66 valence electrons. The number of alkyl halides is 3. The smallest absolute Gasteiger partial charge is 0.319 e. The van der Waals surface area contributed by atoms with Crippen LogP contribution < -0.4 is 4.74 Å². The predicted octanol–water partition coefficient (Wildman–Crippen LogP) is 1.42. The Morgan fingerprint density at radius 1 is 1.17 bits per heavy atom. The first-order valence-corrected chi connectivity index (χ1v) is 3.06. The molecule has 1 atom stereocenters. The highest BCUT2D eigenvalue weighted by Gasteiger charge is 2.21. The van der Waals surface area contributed by atoms with Crippen molar-refractivity contribution in [3.05, 3.63) is 18.5 Å². The number of hydrogen-bond donors (Lipinski definition) is 0. The fourth-order valence-electron chi connectivity index (χ4n) is 0.498. The summed E-state index contributed by atoms with van der Waals surface area (Å²) in [6.45, 7) is 0. The number of rotatable bonds is 3. The lowest BCUT2D eigenvalue weighted by Gasteiger charge is -2.06. The number of hydrogen-bond acceptors (Lipinski definition) is 3. The van der Waals surface area contributed by atoms with Gasteiger partial charge in [-0.3, -0.25) is 0 Å². The molecule has 0 fully saturated rings. The standard InChI is InChI=1S/C6H5F3N2O/c7-4(8)5(9)12-6-10-2-1-3-11-6/h1-5H. The Labute approximate surface area is 66.2 Å². The van der Waals surface area contributed by atoms with Crippen LogP contribution in [0.3, 0.4) is 0 Å². The summed E-state index contributed by atoms with van der Waals surface area (Å²) >= 11 is 0. The minimum absolute atomic E-state index is 0.398. The van der Waals surface area contributed by atoms with Crippen LogP contribution in [0.2, 0.25) is 0 Å². The van der Waals surface area contributed by atoms with E-state index >= 15 is 0 Å². The van der Waals surface area contributed by atoms with Crippen LogP contribution in [0.15, 0.2) is 18.5 Å². The largest absolute Gasteiger partial charge is 0.422 e. The molecule has 1 unspecified atom stereocenters. The zero-order valence-corrected chi connectivity index (χ0v) is 5.82. The molecule has 1 aromatic heterocycles. The lowest BCUT2D eigenvalue weighted by molar-refractivity contribution is -0.0713. The van der Waals surface area contributed by atoms with Crippen LogP contribution in [-0.2, 0) is 0 Å². The van der Waals surface area contributed by atoms with Crippen LogP contribution in [0.4, 0.5) is 13.2 Å². The van der Waals surface area contributed by atoms with E-state index < -0.39 is 18.8 Å². The van der Waals surface area contributed by atoms with Crippen LogP contribution in [0.5, 0.6) is 6.01 Å². The van der Waals surface area contributed by atoms with Crippen molar-refractivity contribution in [1.82, 2.24) is 9.97 Å². The highest BCUT2D eigenvalue weighted by atomic mass is 19.3. The summed E-state index contributed by atoms with van der Waals surface area (Å²) in [6, 6.07) is 1.06. The van der Waals surface area contributed by atoms with Crippen LogP contribution in [0.1, 0.15) is 0 Å². The number of ether oxygens (including phenoxy) is 1. The van der Waals surface area contributed by atoms with Crippen molar-refractivity contribution in [3.63, 3.8) is 0 Å². The molecule has 0 saturated carbocycles. The minimum Gasteiger partial charge on any atom is -0.422 e. The summed E-state index contributed by atoms with van der Waals surface area (Å²) in [6.07, 6.45) is -3.33. The molecular weight excluding hydrogens is 173 g/mol. The Morgan fingerprint density at radius 2 is 1.75 bits per heavy atom. The van der Waals surface area contributed by atoms with Crippen molar-refractivity contribution in [2.45, 2.75) is 12.8 Å². The SMILES string of the molecule is FC(F)C(F)Oc1ncccn1. The Bertz CT molecular complexity index is 231. The molecule has 0 aliphatic carbocycles. The normalized spacial score (nSPS) is 13.0. The Hall–Kier alpha value is -1.33. The van der Waals surface area contributed by atoms with Gasteiger partial charge in [0.25, 0.3) is 0 Å². The third-order valence-corrected chi connectivity index (χ3v) is 0.958. The van der Waals surface area contributed by atoms with E-state index in [1.54, 1.807) is 0 Å². The quantitative estimate of drug-likeness (QED) is 0.701. The zero-order valence-electron chi connectivity index (χ0n) is 5.82. The average molecular weight is 178 g/mol. The minimum atomic E-state index is -3.19. The predicted molar refractivity (Wildman–Crippen MR) is 33.6 cm³/mol. The highest BCUT2D eigenvalue weighted by Crippen LogP contribution is 2.09. The second kappa shape index (κ2) is 3.89. The molecule has 0 aliphatic heterocycles. The molecule has 0 saturated heterocycles. The first-order chi connectivity index (χ1) is 5.70. The lowest BCUT2D eigenvalue weighted by atomic mass is 10.7. The van der Waals surface area contributed by atoms with Crippen LogP contribution in [-0.4, -0.2) is 22.8 Å². The maximum Gasteiger partial charge on any atom is 0.319 e. The maximum atomic E-state index is 12.2. The molecule has 3 nitrogen and oxygen atoms in total. The topological polar surface area (TPSA) is 35.0 Å². The summed E-state index contributed by atoms with van der Waals surface area (Å²) in [5.74, 6) is 0. The van der Waals surface area contributed by atoms with E-state index in [1.807, 2.05) is 0 Å². The molecule has 6 heteroatoms. The van der Waals surface area contributed by atoms with Crippen molar-refractivity contribution >= 4 is 0 Å². The molecule has 1 aromatic rings. The molecule has 1 rings (SSSR count). The summed E-state index contributed by atoms with van der Waals surface area (Å²) in [5.41, 5.74) is 0. The molecule has 0 radical (unpaired) electrons. The van der Waals surface area contributed by atoms with Gasteiger partial charge in [-0.1, -0.05) is 0 Å². The van der Waals surface area contributed by atoms with Gasteiger partial charge in [0.05, 0.1) is 0 Å². The van der Waals surface area contributed by atoms with E-state index in [9.17, 15) is 13.2 Å². The third-order valence-electron chi connectivity index (χ3n) is 0.958. The van der Waals surface area contributed by atoms with Gasteiger partial charge in [-0.2, -0.15) is 4.39 Å². The van der Waals surface area contributed by atoms with Gasteiger partial charge in [0.2, 0.25) is 0 Å². The molecule has 0 amide bonds. The average Bonchev–Trinajstić information content (AvgIpc) is 2.06. The van der Waals surface area contributed by atoms with Gasteiger partial charge in [0, 0.05) is 12.4 Å². The Kier molecular flexibility index (Phi) is 2.84. The van der Waals surface area contributed by atoms with E-state index in [4.69, 9.17) is 0 Å². The first kappa shape index (κ1) is 8.76. The second-order valence-corrected chi connectivity index (χ2v) is 1.83. The molecule has 0 aromatic carbocycles. The summed E-state index contributed by atoms with van der Waals surface area (Å²) in [4.78, 5) is 6.79. The highest BCUT2D eigenvalue weighted by molar-refractivity contribution is 4.93.